The number of benzene rings is 1. The molecule has 1 aliphatic heterocycles. The molecule has 1 aromatic rings. The average Bonchev–Trinajstić information content (AvgIpc) is 2.62. The number of rotatable bonds is 4. The number of hydrogen-bond acceptors (Lipinski definition) is 5. The van der Waals surface area contributed by atoms with E-state index in [0.717, 1.165) is 12.0 Å². The van der Waals surface area contributed by atoms with Gasteiger partial charge < -0.3 is 19.4 Å². The zero-order valence-electron chi connectivity index (χ0n) is 10.6. The van der Waals surface area contributed by atoms with E-state index in [1.54, 1.807) is 6.92 Å². The minimum Gasteiger partial charge on any atom is -0.490 e. The van der Waals surface area contributed by atoms with Crippen LogP contribution in [0.1, 0.15) is 18.9 Å². The lowest BCUT2D eigenvalue weighted by Crippen LogP contribution is -2.05. The molecule has 1 N–H and O–H groups in total. The fourth-order valence-electron chi connectivity index (χ4n) is 1.63. The number of carbonyl (C=O) groups is 1. The van der Waals surface area contributed by atoms with E-state index in [-0.39, 0.29) is 0 Å². The largest absolute Gasteiger partial charge is 0.490 e. The maximum Gasteiger partial charge on any atom is 0.344 e. The minimum absolute atomic E-state index is 0.456. The number of ether oxygens (including phenoxy) is 2. The summed E-state index contributed by atoms with van der Waals surface area (Å²) in [5.41, 5.74) is 1.38. The molecule has 1 heterocycles. The van der Waals surface area contributed by atoms with Crippen LogP contribution in [0, 0.1) is 0 Å². The minimum atomic E-state index is -1.06. The van der Waals surface area contributed by atoms with Gasteiger partial charge in [0.25, 0.3) is 0 Å². The van der Waals surface area contributed by atoms with Gasteiger partial charge >= 0.3 is 5.97 Å². The maximum atomic E-state index is 10.3. The van der Waals surface area contributed by atoms with Gasteiger partial charge in [-0.1, -0.05) is 5.16 Å². The summed E-state index contributed by atoms with van der Waals surface area (Å²) in [5.74, 6) is 0.318. The summed E-state index contributed by atoms with van der Waals surface area (Å²) < 4.78 is 11.1. The fraction of sp³-hybridized carbons (Fsp3) is 0.385. The van der Waals surface area contributed by atoms with E-state index in [9.17, 15) is 4.79 Å². The van der Waals surface area contributed by atoms with Gasteiger partial charge in [0, 0.05) is 12.0 Å². The Bertz CT molecular complexity index is 498. The third-order valence-electron chi connectivity index (χ3n) is 2.55. The lowest BCUT2D eigenvalue weighted by Gasteiger charge is -2.09. The van der Waals surface area contributed by atoms with Gasteiger partial charge in [-0.2, -0.15) is 0 Å². The monoisotopic (exact) mass is 265 g/mol. The van der Waals surface area contributed by atoms with Crippen molar-refractivity contribution in [3.63, 3.8) is 0 Å². The predicted octanol–water partition coefficient (Wildman–Crippen LogP) is 1.67. The Kier molecular flexibility index (Phi) is 4.22. The molecule has 0 aromatic heterocycles. The van der Waals surface area contributed by atoms with E-state index < -0.39 is 12.6 Å². The van der Waals surface area contributed by atoms with Gasteiger partial charge in [0.05, 0.1) is 18.9 Å². The number of oxime groups is 1. The Labute approximate surface area is 110 Å². The van der Waals surface area contributed by atoms with Crippen LogP contribution >= 0.6 is 0 Å². The van der Waals surface area contributed by atoms with E-state index >= 15 is 0 Å². The first-order chi connectivity index (χ1) is 9.16. The molecule has 0 unspecified atom stereocenters. The lowest BCUT2D eigenvalue weighted by molar-refractivity contribution is -0.142. The van der Waals surface area contributed by atoms with Crippen LogP contribution in [-0.4, -0.2) is 36.6 Å². The molecular formula is C13H15NO5. The summed E-state index contributed by atoms with van der Waals surface area (Å²) in [4.78, 5) is 15.0. The molecule has 6 nitrogen and oxygen atoms in total. The average molecular weight is 265 g/mol. The Hall–Kier alpha value is -2.24. The summed E-state index contributed by atoms with van der Waals surface area (Å²) >= 11 is 0. The quantitative estimate of drug-likeness (QED) is 0.662. The maximum absolute atomic E-state index is 10.3. The molecule has 0 spiro atoms. The Morgan fingerprint density at radius 3 is 2.84 bits per heavy atom. The van der Waals surface area contributed by atoms with Crippen molar-refractivity contribution in [2.45, 2.75) is 13.3 Å². The standard InChI is InChI=1S/C13H15NO5/c1-9(14-19-8-13(15)16)10-3-4-11-12(7-10)18-6-2-5-17-11/h3-4,7H,2,5-6,8H2,1H3,(H,15,16). The normalized spacial score (nSPS) is 14.7. The second kappa shape index (κ2) is 6.08. The highest BCUT2D eigenvalue weighted by molar-refractivity contribution is 5.98. The Morgan fingerprint density at radius 1 is 1.37 bits per heavy atom. The molecule has 0 amide bonds. The van der Waals surface area contributed by atoms with Gasteiger partial charge in [0.2, 0.25) is 6.61 Å². The van der Waals surface area contributed by atoms with Crippen molar-refractivity contribution >= 4 is 11.7 Å². The van der Waals surface area contributed by atoms with Gasteiger partial charge in [-0.25, -0.2) is 4.79 Å². The molecule has 0 bridgehead atoms. The lowest BCUT2D eigenvalue weighted by atomic mass is 10.1. The molecule has 0 aliphatic carbocycles. The summed E-state index contributed by atoms with van der Waals surface area (Å²) in [5, 5.41) is 12.2. The zero-order chi connectivity index (χ0) is 13.7. The van der Waals surface area contributed by atoms with Crippen molar-refractivity contribution in [3.05, 3.63) is 23.8 Å². The number of hydrogen-bond donors (Lipinski definition) is 1. The molecule has 19 heavy (non-hydrogen) atoms. The second-order valence-corrected chi connectivity index (χ2v) is 4.06. The van der Waals surface area contributed by atoms with Crippen LogP contribution in [0.5, 0.6) is 11.5 Å². The molecule has 0 saturated carbocycles. The first kappa shape index (κ1) is 13.2. The molecule has 0 radical (unpaired) electrons. The molecule has 6 heteroatoms. The van der Waals surface area contributed by atoms with E-state index in [1.807, 2.05) is 18.2 Å². The molecule has 0 fully saturated rings. The molecule has 102 valence electrons. The van der Waals surface area contributed by atoms with Gasteiger partial charge in [-0.3, -0.25) is 0 Å². The van der Waals surface area contributed by atoms with Gasteiger partial charge in [0.15, 0.2) is 11.5 Å². The Morgan fingerprint density at radius 2 is 2.11 bits per heavy atom. The highest BCUT2D eigenvalue weighted by atomic mass is 16.6. The van der Waals surface area contributed by atoms with Gasteiger partial charge in [-0.05, 0) is 25.1 Å². The summed E-state index contributed by atoms with van der Waals surface area (Å²) in [6, 6.07) is 5.45. The van der Waals surface area contributed by atoms with Crippen LogP contribution in [0.3, 0.4) is 0 Å². The third kappa shape index (κ3) is 3.61. The molecule has 0 atom stereocenters. The number of aliphatic carboxylic acids is 1. The molecular weight excluding hydrogens is 250 g/mol. The van der Waals surface area contributed by atoms with E-state index in [2.05, 4.69) is 5.16 Å². The van der Waals surface area contributed by atoms with Gasteiger partial charge in [-0.15, -0.1) is 0 Å². The van der Waals surface area contributed by atoms with Crippen molar-refractivity contribution in [3.8, 4) is 11.5 Å². The van der Waals surface area contributed by atoms with Crippen LogP contribution in [0.25, 0.3) is 0 Å². The van der Waals surface area contributed by atoms with Crippen LogP contribution in [-0.2, 0) is 9.63 Å². The summed E-state index contributed by atoms with van der Waals surface area (Å²) in [6.45, 7) is 2.53. The second-order valence-electron chi connectivity index (χ2n) is 4.06. The third-order valence-corrected chi connectivity index (χ3v) is 2.55. The van der Waals surface area contributed by atoms with E-state index in [1.165, 1.54) is 0 Å². The van der Waals surface area contributed by atoms with Crippen molar-refractivity contribution in [2.24, 2.45) is 5.16 Å². The van der Waals surface area contributed by atoms with Crippen molar-refractivity contribution in [2.75, 3.05) is 19.8 Å². The SMILES string of the molecule is CC(=NOCC(=O)O)c1ccc2c(c1)OCCCO2. The first-order valence-electron chi connectivity index (χ1n) is 5.95. The van der Waals surface area contributed by atoms with Crippen LogP contribution < -0.4 is 9.47 Å². The Balaban J connectivity index is 2.12. The molecule has 1 aliphatic rings. The van der Waals surface area contributed by atoms with Crippen molar-refractivity contribution in [1.82, 2.24) is 0 Å². The van der Waals surface area contributed by atoms with E-state index in [0.29, 0.717) is 30.4 Å². The smallest absolute Gasteiger partial charge is 0.344 e. The summed E-state index contributed by atoms with van der Waals surface area (Å²) in [7, 11) is 0. The highest BCUT2D eigenvalue weighted by Crippen LogP contribution is 2.30. The zero-order valence-corrected chi connectivity index (χ0v) is 10.6. The molecule has 2 rings (SSSR count). The van der Waals surface area contributed by atoms with E-state index in [4.69, 9.17) is 19.4 Å². The topological polar surface area (TPSA) is 77.4 Å². The van der Waals surface area contributed by atoms with Crippen LogP contribution in [0.2, 0.25) is 0 Å². The van der Waals surface area contributed by atoms with Gasteiger partial charge in [0.1, 0.15) is 0 Å². The summed E-state index contributed by atoms with van der Waals surface area (Å²) in [6.07, 6.45) is 0.846. The van der Waals surface area contributed by atoms with Crippen LogP contribution in [0.4, 0.5) is 0 Å². The number of carboxylic acids is 1. The van der Waals surface area contributed by atoms with Crippen molar-refractivity contribution in [1.29, 1.82) is 0 Å². The van der Waals surface area contributed by atoms with Crippen molar-refractivity contribution < 1.29 is 24.2 Å². The number of fused-ring (bicyclic) bond motifs is 1. The first-order valence-corrected chi connectivity index (χ1v) is 5.95. The fourth-order valence-corrected chi connectivity index (χ4v) is 1.63. The predicted molar refractivity (Wildman–Crippen MR) is 67.8 cm³/mol. The van der Waals surface area contributed by atoms with Crippen LogP contribution in [0.15, 0.2) is 23.4 Å². The highest BCUT2D eigenvalue weighted by Gasteiger charge is 2.11. The molecule has 0 saturated heterocycles. The number of carboxylic acid groups (broad SMARTS) is 1. The number of nitrogens with zero attached hydrogens (tertiary/aromatic N) is 1. The molecule has 1 aromatic carbocycles.